The largest absolute Gasteiger partial charge is 0.494 e. The van der Waals surface area contributed by atoms with E-state index in [9.17, 15) is 24.3 Å². The summed E-state index contributed by atoms with van der Waals surface area (Å²) in [6, 6.07) is 15.1. The number of ether oxygens (including phenoxy) is 1. The van der Waals surface area contributed by atoms with Crippen LogP contribution in [0.2, 0.25) is 0 Å². The fourth-order valence-corrected chi connectivity index (χ4v) is 5.13. The maximum absolute atomic E-state index is 13.4. The van der Waals surface area contributed by atoms with Gasteiger partial charge in [-0.2, -0.15) is 0 Å². The van der Waals surface area contributed by atoms with Crippen LogP contribution < -0.4 is 15.4 Å². The van der Waals surface area contributed by atoms with Gasteiger partial charge in [-0.15, -0.1) is 0 Å². The molecule has 0 bridgehead atoms. The highest BCUT2D eigenvalue weighted by Crippen LogP contribution is 2.32. The van der Waals surface area contributed by atoms with E-state index in [-0.39, 0.29) is 30.5 Å². The minimum Gasteiger partial charge on any atom is -0.494 e. The number of carbonyl (C=O) groups excluding carboxylic acids is 3. The Morgan fingerprint density at radius 2 is 1.78 bits per heavy atom. The number of benzene rings is 2. The van der Waals surface area contributed by atoms with E-state index in [0.717, 1.165) is 24.8 Å². The molecule has 11 heteroatoms. The number of rotatable bonds is 19. The summed E-state index contributed by atoms with van der Waals surface area (Å²) in [7, 11) is 0. The number of aromatic carboxylic acids is 1. The van der Waals surface area contributed by atoms with Gasteiger partial charge in [0, 0.05) is 5.56 Å². The Bertz CT molecular complexity index is 1420. The summed E-state index contributed by atoms with van der Waals surface area (Å²) < 4.78 is 11.3. The monoisotopic (exact) mass is 621 g/mol. The van der Waals surface area contributed by atoms with Crippen molar-refractivity contribution in [2.24, 2.45) is 5.92 Å². The van der Waals surface area contributed by atoms with Crippen molar-refractivity contribution in [2.45, 2.75) is 72.4 Å². The SMILES string of the molecule is CCCCCC(C(=O)NCNC(=O)c1ccc(-c2cc(OCC)cc(C(=O)O)c2C)o1)[C@@H](CC)N(C=O)OCc1ccccc1. The molecule has 3 amide bonds. The van der Waals surface area contributed by atoms with Gasteiger partial charge < -0.3 is 24.9 Å². The molecule has 1 heterocycles. The Kier molecular flexibility index (Phi) is 13.6. The number of hydrogen-bond acceptors (Lipinski definition) is 7. The lowest BCUT2D eigenvalue weighted by atomic mass is 9.90. The first-order chi connectivity index (χ1) is 21.7. The van der Waals surface area contributed by atoms with Gasteiger partial charge in [0.25, 0.3) is 5.91 Å². The molecular weight excluding hydrogens is 578 g/mol. The zero-order valence-electron chi connectivity index (χ0n) is 26.3. The molecule has 2 atom stereocenters. The maximum Gasteiger partial charge on any atom is 0.336 e. The topological polar surface area (TPSA) is 147 Å². The molecule has 0 aliphatic heterocycles. The summed E-state index contributed by atoms with van der Waals surface area (Å²) in [5, 5.41) is 16.3. The van der Waals surface area contributed by atoms with Crippen LogP contribution in [0.25, 0.3) is 11.3 Å². The van der Waals surface area contributed by atoms with Crippen LogP contribution in [0.5, 0.6) is 5.75 Å². The second-order valence-corrected chi connectivity index (χ2v) is 10.6. The zero-order chi connectivity index (χ0) is 32.8. The van der Waals surface area contributed by atoms with Gasteiger partial charge in [0.05, 0.1) is 30.8 Å². The minimum absolute atomic E-state index is 0.00953. The van der Waals surface area contributed by atoms with Crippen LogP contribution in [0.15, 0.2) is 59.0 Å². The molecule has 45 heavy (non-hydrogen) atoms. The van der Waals surface area contributed by atoms with Crippen molar-refractivity contribution in [3.63, 3.8) is 0 Å². The highest BCUT2D eigenvalue weighted by atomic mass is 16.7. The Morgan fingerprint density at radius 1 is 1.02 bits per heavy atom. The summed E-state index contributed by atoms with van der Waals surface area (Å²) >= 11 is 0. The van der Waals surface area contributed by atoms with Gasteiger partial charge in [-0.25, -0.2) is 9.86 Å². The molecule has 3 rings (SSSR count). The first-order valence-corrected chi connectivity index (χ1v) is 15.3. The van der Waals surface area contributed by atoms with Crippen LogP contribution in [0.3, 0.4) is 0 Å². The summed E-state index contributed by atoms with van der Waals surface area (Å²) in [5.41, 5.74) is 1.92. The third-order valence-corrected chi connectivity index (χ3v) is 7.52. The number of nitrogens with one attached hydrogen (secondary N) is 2. The average Bonchev–Trinajstić information content (AvgIpc) is 3.53. The van der Waals surface area contributed by atoms with E-state index < -0.39 is 23.8 Å². The molecule has 1 aromatic heterocycles. The zero-order valence-corrected chi connectivity index (χ0v) is 26.3. The van der Waals surface area contributed by atoms with Crippen molar-refractivity contribution in [3.8, 4) is 17.1 Å². The fourth-order valence-electron chi connectivity index (χ4n) is 5.13. The summed E-state index contributed by atoms with van der Waals surface area (Å²) in [6.07, 6.45) is 4.36. The van der Waals surface area contributed by atoms with E-state index in [2.05, 4.69) is 17.6 Å². The van der Waals surface area contributed by atoms with Crippen LogP contribution in [0, 0.1) is 12.8 Å². The van der Waals surface area contributed by atoms with Crippen LogP contribution in [0.1, 0.15) is 84.9 Å². The van der Waals surface area contributed by atoms with Crippen LogP contribution in [0.4, 0.5) is 0 Å². The number of unbranched alkanes of at least 4 members (excludes halogenated alkanes) is 2. The average molecular weight is 622 g/mol. The molecule has 0 radical (unpaired) electrons. The van der Waals surface area contributed by atoms with Crippen molar-refractivity contribution in [1.29, 1.82) is 0 Å². The highest BCUT2D eigenvalue weighted by molar-refractivity contribution is 5.94. The molecule has 2 aromatic carbocycles. The summed E-state index contributed by atoms with van der Waals surface area (Å²) in [6.45, 7) is 7.80. The molecule has 242 valence electrons. The Balaban J connectivity index is 1.67. The lowest BCUT2D eigenvalue weighted by molar-refractivity contribution is -0.200. The van der Waals surface area contributed by atoms with Gasteiger partial charge in [-0.05, 0) is 62.1 Å². The molecule has 0 aliphatic carbocycles. The van der Waals surface area contributed by atoms with Crippen molar-refractivity contribution in [3.05, 3.63) is 77.0 Å². The highest BCUT2D eigenvalue weighted by Gasteiger charge is 2.32. The van der Waals surface area contributed by atoms with E-state index in [1.165, 1.54) is 17.2 Å². The Hall–Kier alpha value is -4.64. The molecule has 0 aliphatic rings. The van der Waals surface area contributed by atoms with Crippen molar-refractivity contribution >= 4 is 24.2 Å². The lowest BCUT2D eigenvalue weighted by Crippen LogP contribution is -2.48. The third kappa shape index (κ3) is 9.67. The molecule has 0 spiro atoms. The predicted octanol–water partition coefficient (Wildman–Crippen LogP) is 5.72. The Labute approximate surface area is 263 Å². The quantitative estimate of drug-likeness (QED) is 0.0666. The van der Waals surface area contributed by atoms with E-state index in [4.69, 9.17) is 14.0 Å². The first-order valence-electron chi connectivity index (χ1n) is 15.3. The van der Waals surface area contributed by atoms with Crippen molar-refractivity contribution < 1.29 is 38.3 Å². The van der Waals surface area contributed by atoms with Crippen LogP contribution in [-0.4, -0.2) is 53.7 Å². The molecule has 3 N–H and O–H groups in total. The number of carboxylic acids is 1. The van der Waals surface area contributed by atoms with Crippen LogP contribution >= 0.6 is 0 Å². The molecule has 0 fully saturated rings. The number of hydroxylamine groups is 2. The second-order valence-electron chi connectivity index (χ2n) is 10.6. The third-order valence-electron chi connectivity index (χ3n) is 7.52. The fraction of sp³-hybridized carbons (Fsp3) is 0.412. The number of hydrogen-bond donors (Lipinski definition) is 3. The lowest BCUT2D eigenvalue weighted by Gasteiger charge is -2.32. The van der Waals surface area contributed by atoms with Gasteiger partial charge >= 0.3 is 5.97 Å². The van der Waals surface area contributed by atoms with E-state index >= 15 is 0 Å². The molecule has 1 unspecified atom stereocenters. The Morgan fingerprint density at radius 3 is 2.42 bits per heavy atom. The number of furan rings is 1. The van der Waals surface area contributed by atoms with Gasteiger partial charge in [-0.3, -0.25) is 19.2 Å². The maximum atomic E-state index is 13.4. The van der Waals surface area contributed by atoms with Gasteiger partial charge in [0.1, 0.15) is 18.1 Å². The number of amides is 3. The van der Waals surface area contributed by atoms with Crippen LogP contribution in [-0.2, 0) is 21.0 Å². The summed E-state index contributed by atoms with van der Waals surface area (Å²) in [4.78, 5) is 55.9. The molecular formula is C34H43N3O8. The first kappa shape index (κ1) is 34.8. The second kappa shape index (κ2) is 17.6. The molecule has 11 nitrogen and oxygen atoms in total. The molecule has 0 saturated carbocycles. The smallest absolute Gasteiger partial charge is 0.336 e. The van der Waals surface area contributed by atoms with E-state index in [1.54, 1.807) is 26.0 Å². The van der Waals surface area contributed by atoms with Gasteiger partial charge in [-0.1, -0.05) is 63.4 Å². The normalized spacial score (nSPS) is 12.2. The molecule has 3 aromatic rings. The van der Waals surface area contributed by atoms with Gasteiger partial charge in [0.2, 0.25) is 12.3 Å². The van der Waals surface area contributed by atoms with E-state index in [0.29, 0.717) is 48.5 Å². The number of nitrogens with zero attached hydrogens (tertiary/aromatic N) is 1. The van der Waals surface area contributed by atoms with E-state index in [1.807, 2.05) is 37.3 Å². The molecule has 0 saturated heterocycles. The van der Waals surface area contributed by atoms with Crippen molar-refractivity contribution in [2.75, 3.05) is 13.3 Å². The standard InChI is InChI=1S/C34H43N3O8/c1-5-8-10-15-26(29(6-2)37(22-38)44-20-24-13-11-9-12-14-24)32(39)35-21-36-33(40)31-17-16-30(45-31)27-18-25(43-7-3)19-28(23(27)4)34(41)42/h9,11-14,16-19,22,26,29H,5-8,10,15,20-21H2,1-4H3,(H,35,39)(H,36,40)(H,41,42)/t26?,29-/m1/s1. The number of carbonyl (C=O) groups is 4. The number of carboxylic acid groups (broad SMARTS) is 1. The van der Waals surface area contributed by atoms with Crippen molar-refractivity contribution in [1.82, 2.24) is 15.7 Å². The minimum atomic E-state index is -1.10. The van der Waals surface area contributed by atoms with Gasteiger partial charge in [0.15, 0.2) is 5.76 Å². The summed E-state index contributed by atoms with van der Waals surface area (Å²) in [5.74, 6) is -1.86. The predicted molar refractivity (Wildman–Crippen MR) is 168 cm³/mol.